The van der Waals surface area contributed by atoms with Crippen LogP contribution in [0.3, 0.4) is 0 Å². The van der Waals surface area contributed by atoms with Crippen LogP contribution in [-0.4, -0.2) is 19.6 Å². The number of rotatable bonds is 6. The van der Waals surface area contributed by atoms with Gasteiger partial charge in [-0.3, -0.25) is 0 Å². The first kappa shape index (κ1) is 15.4. The lowest BCUT2D eigenvalue weighted by Gasteiger charge is -2.32. The predicted octanol–water partition coefficient (Wildman–Crippen LogP) is 3.90. The minimum atomic E-state index is 0.302. The second kappa shape index (κ2) is 6.62. The summed E-state index contributed by atoms with van der Waals surface area (Å²) in [6, 6.07) is 6.92. The number of fused-ring (bicyclic) bond motifs is 1. The van der Waals surface area contributed by atoms with Crippen LogP contribution in [0.1, 0.15) is 50.7 Å². The SMILES string of the molecule is Cc1ccc2c(c1)CCCN2CCCCC(C)(C)CN. The van der Waals surface area contributed by atoms with E-state index < -0.39 is 0 Å². The van der Waals surface area contributed by atoms with Crippen molar-refractivity contribution in [3.8, 4) is 0 Å². The van der Waals surface area contributed by atoms with E-state index in [0.29, 0.717) is 5.41 Å². The zero-order valence-corrected chi connectivity index (χ0v) is 13.4. The molecule has 1 aromatic rings. The molecule has 2 nitrogen and oxygen atoms in total. The quantitative estimate of drug-likeness (QED) is 0.797. The van der Waals surface area contributed by atoms with Gasteiger partial charge in [-0.05, 0) is 56.2 Å². The summed E-state index contributed by atoms with van der Waals surface area (Å²) in [5.74, 6) is 0. The molecule has 1 heterocycles. The third-order valence-corrected chi connectivity index (χ3v) is 4.53. The van der Waals surface area contributed by atoms with Crippen LogP contribution < -0.4 is 10.6 Å². The molecule has 2 rings (SSSR count). The number of aryl methyl sites for hydroxylation is 2. The molecule has 0 aromatic heterocycles. The van der Waals surface area contributed by atoms with Gasteiger partial charge < -0.3 is 10.6 Å². The summed E-state index contributed by atoms with van der Waals surface area (Å²) in [7, 11) is 0. The van der Waals surface area contributed by atoms with Crippen molar-refractivity contribution in [1.29, 1.82) is 0 Å². The Morgan fingerprint density at radius 2 is 2.05 bits per heavy atom. The molecule has 0 atom stereocenters. The summed E-state index contributed by atoms with van der Waals surface area (Å²) in [6.07, 6.45) is 6.33. The summed E-state index contributed by atoms with van der Waals surface area (Å²) in [5.41, 5.74) is 10.5. The van der Waals surface area contributed by atoms with Gasteiger partial charge in [0, 0.05) is 18.8 Å². The van der Waals surface area contributed by atoms with E-state index in [2.05, 4.69) is 43.9 Å². The van der Waals surface area contributed by atoms with Crippen molar-refractivity contribution in [2.24, 2.45) is 11.1 Å². The maximum Gasteiger partial charge on any atom is 0.0398 e. The zero-order valence-electron chi connectivity index (χ0n) is 13.4. The fourth-order valence-corrected chi connectivity index (χ4v) is 3.04. The van der Waals surface area contributed by atoms with Gasteiger partial charge >= 0.3 is 0 Å². The van der Waals surface area contributed by atoms with Crippen molar-refractivity contribution in [3.63, 3.8) is 0 Å². The van der Waals surface area contributed by atoms with Crippen molar-refractivity contribution < 1.29 is 0 Å². The number of anilines is 1. The molecule has 0 amide bonds. The average Bonchev–Trinajstić information content (AvgIpc) is 2.43. The fourth-order valence-electron chi connectivity index (χ4n) is 3.04. The Bertz CT molecular complexity index is 437. The second-order valence-electron chi connectivity index (χ2n) is 7.05. The average molecular weight is 274 g/mol. The normalized spacial score (nSPS) is 15.3. The fraction of sp³-hybridized carbons (Fsp3) is 0.667. The Kier molecular flexibility index (Phi) is 5.09. The minimum Gasteiger partial charge on any atom is -0.371 e. The van der Waals surface area contributed by atoms with Crippen LogP contribution >= 0.6 is 0 Å². The first-order valence-corrected chi connectivity index (χ1v) is 8.06. The lowest BCUT2D eigenvalue weighted by Crippen LogP contribution is -2.30. The van der Waals surface area contributed by atoms with Gasteiger partial charge in [-0.15, -0.1) is 0 Å². The third kappa shape index (κ3) is 3.99. The predicted molar refractivity (Wildman–Crippen MR) is 88.4 cm³/mol. The Morgan fingerprint density at radius 3 is 2.80 bits per heavy atom. The number of hydrogen-bond donors (Lipinski definition) is 1. The maximum atomic E-state index is 5.80. The molecule has 0 fully saturated rings. The molecule has 0 spiro atoms. The van der Waals surface area contributed by atoms with Crippen molar-refractivity contribution in [2.75, 3.05) is 24.5 Å². The van der Waals surface area contributed by atoms with E-state index in [-0.39, 0.29) is 0 Å². The van der Waals surface area contributed by atoms with Crippen molar-refractivity contribution in [3.05, 3.63) is 29.3 Å². The van der Waals surface area contributed by atoms with Gasteiger partial charge in [0.25, 0.3) is 0 Å². The lowest BCUT2D eigenvalue weighted by atomic mass is 9.87. The summed E-state index contributed by atoms with van der Waals surface area (Å²) in [5, 5.41) is 0. The van der Waals surface area contributed by atoms with E-state index in [1.807, 2.05) is 0 Å². The Morgan fingerprint density at radius 1 is 1.25 bits per heavy atom. The first-order valence-electron chi connectivity index (χ1n) is 8.06. The third-order valence-electron chi connectivity index (χ3n) is 4.53. The van der Waals surface area contributed by atoms with Gasteiger partial charge in [0.05, 0.1) is 0 Å². The summed E-state index contributed by atoms with van der Waals surface area (Å²) in [4.78, 5) is 2.58. The van der Waals surface area contributed by atoms with Crippen LogP contribution in [0.25, 0.3) is 0 Å². The highest BCUT2D eigenvalue weighted by molar-refractivity contribution is 5.56. The Labute approximate surface area is 124 Å². The van der Waals surface area contributed by atoms with Gasteiger partial charge in [0.15, 0.2) is 0 Å². The molecule has 0 saturated carbocycles. The molecular formula is C18H30N2. The summed E-state index contributed by atoms with van der Waals surface area (Å²) >= 11 is 0. The topological polar surface area (TPSA) is 29.3 Å². The lowest BCUT2D eigenvalue weighted by molar-refractivity contribution is 0.333. The molecular weight excluding hydrogens is 244 g/mol. The number of unbranched alkanes of at least 4 members (excludes halogenated alkanes) is 1. The van der Waals surface area contributed by atoms with Crippen LogP contribution in [-0.2, 0) is 6.42 Å². The first-order chi connectivity index (χ1) is 9.52. The van der Waals surface area contributed by atoms with Crippen molar-refractivity contribution in [2.45, 2.75) is 52.9 Å². The van der Waals surface area contributed by atoms with Gasteiger partial charge in [0.2, 0.25) is 0 Å². The second-order valence-corrected chi connectivity index (χ2v) is 7.05. The molecule has 0 aliphatic carbocycles. The van der Waals surface area contributed by atoms with Crippen LogP contribution in [0.2, 0.25) is 0 Å². The van der Waals surface area contributed by atoms with Gasteiger partial charge in [-0.2, -0.15) is 0 Å². The Balaban J connectivity index is 1.86. The summed E-state index contributed by atoms with van der Waals surface area (Å²) in [6.45, 7) is 9.93. The standard InChI is InChI=1S/C18H30N2/c1-15-8-9-17-16(13-15)7-6-12-20(17)11-5-4-10-18(2,3)14-19/h8-9,13H,4-7,10-12,14,19H2,1-3H3. The molecule has 112 valence electrons. The van der Waals surface area contributed by atoms with E-state index in [0.717, 1.165) is 6.54 Å². The van der Waals surface area contributed by atoms with Gasteiger partial charge in [-0.25, -0.2) is 0 Å². The van der Waals surface area contributed by atoms with Crippen molar-refractivity contribution >= 4 is 5.69 Å². The van der Waals surface area contributed by atoms with E-state index in [4.69, 9.17) is 5.73 Å². The molecule has 2 heteroatoms. The van der Waals surface area contributed by atoms with E-state index in [1.54, 1.807) is 5.56 Å². The zero-order chi connectivity index (χ0) is 14.6. The number of benzene rings is 1. The minimum absolute atomic E-state index is 0.302. The van der Waals surface area contributed by atoms with Crippen LogP contribution in [0.5, 0.6) is 0 Å². The van der Waals surface area contributed by atoms with E-state index in [1.165, 1.54) is 56.4 Å². The highest BCUT2D eigenvalue weighted by Gasteiger charge is 2.18. The van der Waals surface area contributed by atoms with E-state index >= 15 is 0 Å². The molecule has 0 unspecified atom stereocenters. The molecule has 20 heavy (non-hydrogen) atoms. The number of nitrogens with two attached hydrogens (primary N) is 1. The maximum absolute atomic E-state index is 5.80. The van der Waals surface area contributed by atoms with Gasteiger partial charge in [0.1, 0.15) is 0 Å². The largest absolute Gasteiger partial charge is 0.371 e. The van der Waals surface area contributed by atoms with Crippen LogP contribution in [0, 0.1) is 12.3 Å². The summed E-state index contributed by atoms with van der Waals surface area (Å²) < 4.78 is 0. The smallest absolute Gasteiger partial charge is 0.0398 e. The number of nitrogens with zero attached hydrogens (tertiary/aromatic N) is 1. The molecule has 1 aliphatic heterocycles. The molecule has 0 saturated heterocycles. The Hall–Kier alpha value is -1.02. The monoisotopic (exact) mass is 274 g/mol. The highest BCUT2D eigenvalue weighted by Crippen LogP contribution is 2.28. The van der Waals surface area contributed by atoms with E-state index in [9.17, 15) is 0 Å². The van der Waals surface area contributed by atoms with Crippen LogP contribution in [0.4, 0.5) is 5.69 Å². The molecule has 0 bridgehead atoms. The number of hydrogen-bond acceptors (Lipinski definition) is 2. The van der Waals surface area contributed by atoms with Crippen LogP contribution in [0.15, 0.2) is 18.2 Å². The van der Waals surface area contributed by atoms with Crippen molar-refractivity contribution in [1.82, 2.24) is 0 Å². The molecule has 2 N–H and O–H groups in total. The van der Waals surface area contributed by atoms with Gasteiger partial charge in [-0.1, -0.05) is 38.0 Å². The molecule has 0 radical (unpaired) electrons. The molecule has 1 aliphatic rings. The highest BCUT2D eigenvalue weighted by atomic mass is 15.1. The molecule has 1 aromatic carbocycles.